The summed E-state index contributed by atoms with van der Waals surface area (Å²) in [5.41, 5.74) is 0.404. The molecule has 0 N–H and O–H groups in total. The molecular weight excluding hydrogens is 506 g/mol. The summed E-state index contributed by atoms with van der Waals surface area (Å²) >= 11 is 0. The van der Waals surface area contributed by atoms with E-state index in [1.165, 1.54) is 102 Å². The maximum absolute atomic E-state index is 12.5. The summed E-state index contributed by atoms with van der Waals surface area (Å²) in [5, 5.41) is 0. The monoisotopic (exact) mass is 555 g/mol. The molecule has 0 aliphatic rings. The maximum Gasteiger partial charge on any atom is 0.515 e. The van der Waals surface area contributed by atoms with Crippen molar-refractivity contribution in [2.24, 2.45) is 0 Å². The Kier molecular flexibility index (Phi) is 17.2. The fourth-order valence-corrected chi connectivity index (χ4v) is 4.18. The van der Waals surface area contributed by atoms with Gasteiger partial charge in [-0.3, -0.25) is 0 Å². The standard InChI is InChI=1S/C33H49NO6/c1-4-6-7-8-9-10-11-12-13-14-15-16-17-18-25-37-29-21-19-28(20-22-29)32(35)39-30-23-24-31(34-26-30)40-33(36)38-27(3)5-2/h19-24,26-27H,4-18,25H2,1-3H3. The van der Waals surface area contributed by atoms with Crippen LogP contribution in [0.2, 0.25) is 0 Å². The van der Waals surface area contributed by atoms with Crippen LogP contribution in [0.4, 0.5) is 4.79 Å². The third kappa shape index (κ3) is 14.9. The van der Waals surface area contributed by atoms with Crippen molar-refractivity contribution in [2.75, 3.05) is 6.61 Å². The molecule has 2 aromatic rings. The first-order chi connectivity index (χ1) is 19.5. The Bertz CT molecular complexity index is 944. The van der Waals surface area contributed by atoms with Gasteiger partial charge in [0, 0.05) is 6.07 Å². The van der Waals surface area contributed by atoms with Crippen molar-refractivity contribution < 1.29 is 28.5 Å². The average molecular weight is 556 g/mol. The van der Waals surface area contributed by atoms with Crippen LogP contribution in [0.3, 0.4) is 0 Å². The van der Waals surface area contributed by atoms with Gasteiger partial charge in [0.05, 0.1) is 18.4 Å². The fourth-order valence-electron chi connectivity index (χ4n) is 4.18. The third-order valence-electron chi connectivity index (χ3n) is 6.84. The van der Waals surface area contributed by atoms with Crippen LogP contribution in [0, 0.1) is 0 Å². The van der Waals surface area contributed by atoms with Crippen molar-refractivity contribution in [3.63, 3.8) is 0 Å². The number of hydrogen-bond donors (Lipinski definition) is 0. The molecule has 40 heavy (non-hydrogen) atoms. The molecule has 0 bridgehead atoms. The summed E-state index contributed by atoms with van der Waals surface area (Å²) in [6.45, 7) is 6.62. The van der Waals surface area contributed by atoms with Gasteiger partial charge in [0.1, 0.15) is 17.6 Å². The van der Waals surface area contributed by atoms with Gasteiger partial charge in [-0.15, -0.1) is 0 Å². The van der Waals surface area contributed by atoms with Gasteiger partial charge >= 0.3 is 12.1 Å². The van der Waals surface area contributed by atoms with Crippen molar-refractivity contribution in [1.82, 2.24) is 4.98 Å². The van der Waals surface area contributed by atoms with Gasteiger partial charge in [-0.25, -0.2) is 14.6 Å². The number of pyridine rings is 1. The van der Waals surface area contributed by atoms with Crippen molar-refractivity contribution in [2.45, 2.75) is 123 Å². The SMILES string of the molecule is CCCCCCCCCCCCCCCCOc1ccc(C(=O)Oc2ccc(OC(=O)OC(C)CC)nc2)cc1. The fraction of sp³-hybridized carbons (Fsp3) is 0.606. The van der Waals surface area contributed by atoms with Crippen LogP contribution in [-0.2, 0) is 4.74 Å². The number of carbonyl (C=O) groups is 2. The lowest BCUT2D eigenvalue weighted by molar-refractivity contribution is 0.0627. The van der Waals surface area contributed by atoms with E-state index in [1.54, 1.807) is 31.2 Å². The molecule has 7 heteroatoms. The average Bonchev–Trinajstić information content (AvgIpc) is 2.96. The van der Waals surface area contributed by atoms with E-state index < -0.39 is 12.1 Å². The summed E-state index contributed by atoms with van der Waals surface area (Å²) in [7, 11) is 0. The van der Waals surface area contributed by atoms with Crippen LogP contribution in [0.25, 0.3) is 0 Å². The van der Waals surface area contributed by atoms with Crippen LogP contribution in [0.1, 0.15) is 127 Å². The number of ether oxygens (including phenoxy) is 4. The Morgan fingerprint density at radius 3 is 1.77 bits per heavy atom. The van der Waals surface area contributed by atoms with Crippen molar-refractivity contribution in [3.05, 3.63) is 48.2 Å². The molecule has 222 valence electrons. The largest absolute Gasteiger partial charge is 0.515 e. The van der Waals surface area contributed by atoms with Crippen LogP contribution in [0.15, 0.2) is 42.6 Å². The first-order valence-corrected chi connectivity index (χ1v) is 15.3. The number of carbonyl (C=O) groups excluding carboxylic acids is 2. The van der Waals surface area contributed by atoms with Gasteiger partial charge in [0.2, 0.25) is 5.88 Å². The third-order valence-corrected chi connectivity index (χ3v) is 6.84. The van der Waals surface area contributed by atoms with Gasteiger partial charge in [0.25, 0.3) is 0 Å². The smallest absolute Gasteiger partial charge is 0.494 e. The van der Waals surface area contributed by atoms with E-state index in [0.717, 1.165) is 12.2 Å². The molecule has 0 spiro atoms. The summed E-state index contributed by atoms with van der Waals surface area (Å²) < 4.78 is 21.2. The molecule has 0 saturated carbocycles. The second-order valence-electron chi connectivity index (χ2n) is 10.4. The molecule has 0 saturated heterocycles. The number of nitrogens with zero attached hydrogens (tertiary/aromatic N) is 1. The maximum atomic E-state index is 12.5. The summed E-state index contributed by atoms with van der Waals surface area (Å²) in [6, 6.07) is 9.85. The van der Waals surface area contributed by atoms with E-state index in [9.17, 15) is 9.59 Å². The van der Waals surface area contributed by atoms with Crippen LogP contribution >= 0.6 is 0 Å². The molecule has 2 rings (SSSR count). The lowest BCUT2D eigenvalue weighted by Gasteiger charge is -2.10. The van der Waals surface area contributed by atoms with E-state index >= 15 is 0 Å². The Labute approximate surface area is 241 Å². The number of hydrogen-bond acceptors (Lipinski definition) is 7. The van der Waals surface area contributed by atoms with E-state index in [1.807, 2.05) is 6.92 Å². The second kappa shape index (κ2) is 20.8. The molecule has 1 unspecified atom stereocenters. The molecule has 1 aromatic carbocycles. The second-order valence-corrected chi connectivity index (χ2v) is 10.4. The normalized spacial score (nSPS) is 11.6. The Hall–Kier alpha value is -3.09. The molecule has 1 aromatic heterocycles. The van der Waals surface area contributed by atoms with Crippen molar-refractivity contribution in [1.29, 1.82) is 0 Å². The topological polar surface area (TPSA) is 84.0 Å². The van der Waals surface area contributed by atoms with Gasteiger partial charge in [-0.1, -0.05) is 97.3 Å². The minimum absolute atomic E-state index is 0.0633. The summed E-state index contributed by atoms with van der Waals surface area (Å²) in [5.74, 6) is 0.531. The van der Waals surface area contributed by atoms with E-state index in [4.69, 9.17) is 18.9 Å². The highest BCUT2D eigenvalue weighted by Crippen LogP contribution is 2.19. The number of rotatable bonds is 21. The highest BCUT2D eigenvalue weighted by molar-refractivity contribution is 5.91. The zero-order chi connectivity index (χ0) is 28.8. The molecule has 0 fully saturated rings. The van der Waals surface area contributed by atoms with Crippen molar-refractivity contribution in [3.8, 4) is 17.4 Å². The predicted octanol–water partition coefficient (Wildman–Crippen LogP) is 9.47. The van der Waals surface area contributed by atoms with Gasteiger partial charge in [-0.2, -0.15) is 0 Å². The van der Waals surface area contributed by atoms with Crippen LogP contribution in [-0.4, -0.2) is 29.8 Å². The molecule has 1 atom stereocenters. The highest BCUT2D eigenvalue weighted by Gasteiger charge is 2.13. The highest BCUT2D eigenvalue weighted by atomic mass is 16.7. The zero-order valence-corrected chi connectivity index (χ0v) is 24.8. The molecule has 0 amide bonds. The van der Waals surface area contributed by atoms with E-state index in [0.29, 0.717) is 18.6 Å². The van der Waals surface area contributed by atoms with Crippen molar-refractivity contribution >= 4 is 12.1 Å². The van der Waals surface area contributed by atoms with Gasteiger partial charge < -0.3 is 18.9 Å². The molecule has 0 radical (unpaired) electrons. The number of unbranched alkanes of at least 4 members (excludes halogenated alkanes) is 13. The van der Waals surface area contributed by atoms with Gasteiger partial charge in [0.15, 0.2) is 0 Å². The first-order valence-electron chi connectivity index (χ1n) is 15.3. The number of aromatic nitrogens is 1. The van der Waals surface area contributed by atoms with E-state index in [2.05, 4.69) is 11.9 Å². The minimum atomic E-state index is -0.821. The lowest BCUT2D eigenvalue weighted by atomic mass is 10.0. The predicted molar refractivity (Wildman–Crippen MR) is 158 cm³/mol. The minimum Gasteiger partial charge on any atom is -0.494 e. The zero-order valence-electron chi connectivity index (χ0n) is 24.8. The Balaban J connectivity index is 1.54. The summed E-state index contributed by atoms with van der Waals surface area (Å²) in [6.07, 6.45) is 19.6. The molecule has 7 nitrogen and oxygen atoms in total. The van der Waals surface area contributed by atoms with E-state index in [-0.39, 0.29) is 17.7 Å². The lowest BCUT2D eigenvalue weighted by Crippen LogP contribution is -2.17. The Morgan fingerprint density at radius 2 is 1.25 bits per heavy atom. The summed E-state index contributed by atoms with van der Waals surface area (Å²) in [4.78, 5) is 28.1. The number of esters is 1. The van der Waals surface area contributed by atoms with Gasteiger partial charge in [-0.05, 0) is 50.1 Å². The first kappa shape index (κ1) is 33.1. The van der Waals surface area contributed by atoms with Crippen LogP contribution in [0.5, 0.6) is 17.4 Å². The molecular formula is C33H49NO6. The quantitative estimate of drug-likeness (QED) is 0.112. The molecule has 0 aliphatic heterocycles. The molecule has 1 heterocycles. The Morgan fingerprint density at radius 1 is 0.700 bits per heavy atom. The number of benzene rings is 1. The molecule has 0 aliphatic carbocycles. The van der Waals surface area contributed by atoms with Crippen LogP contribution < -0.4 is 14.2 Å².